The van der Waals surface area contributed by atoms with E-state index in [1.165, 1.54) is 4.68 Å². The number of aryl methyl sites for hydroxylation is 1. The molecule has 0 saturated carbocycles. The number of hydrogen-bond donors (Lipinski definition) is 0. The summed E-state index contributed by atoms with van der Waals surface area (Å²) >= 11 is 0. The maximum Gasteiger partial charge on any atom is 0.435 e. The quantitative estimate of drug-likeness (QED) is 0.756. The normalized spacial score (nSPS) is 11.3. The van der Waals surface area contributed by atoms with Gasteiger partial charge in [-0.1, -0.05) is 27.7 Å². The highest BCUT2D eigenvalue weighted by atomic mass is 19.4. The maximum absolute atomic E-state index is 12.3. The van der Waals surface area contributed by atoms with E-state index in [2.05, 4.69) is 5.10 Å². The van der Waals surface area contributed by atoms with E-state index in [9.17, 15) is 13.2 Å². The molecule has 0 aliphatic carbocycles. The molecule has 0 atom stereocenters. The van der Waals surface area contributed by atoms with E-state index < -0.39 is 11.9 Å². The van der Waals surface area contributed by atoms with Gasteiger partial charge in [-0.05, 0) is 18.9 Å². The van der Waals surface area contributed by atoms with Crippen LogP contribution in [0.4, 0.5) is 13.2 Å². The Morgan fingerprint density at radius 1 is 1.31 bits per heavy atom. The Morgan fingerprint density at radius 3 is 2.06 bits per heavy atom. The molecule has 0 radical (unpaired) electrons. The number of hydrogen-bond acceptors (Lipinski definition) is 1. The zero-order chi connectivity index (χ0) is 12.9. The van der Waals surface area contributed by atoms with Crippen molar-refractivity contribution in [2.75, 3.05) is 0 Å². The lowest BCUT2D eigenvalue weighted by Gasteiger charge is -2.06. The third-order valence-electron chi connectivity index (χ3n) is 1.99. The third kappa shape index (κ3) is 3.54. The lowest BCUT2D eigenvalue weighted by molar-refractivity contribution is -0.141. The van der Waals surface area contributed by atoms with Gasteiger partial charge in [0, 0.05) is 12.2 Å². The third-order valence-corrected chi connectivity index (χ3v) is 1.99. The minimum Gasteiger partial charge on any atom is -0.269 e. The molecule has 1 rings (SSSR count). The van der Waals surface area contributed by atoms with Crippen LogP contribution in [0.3, 0.4) is 0 Å². The topological polar surface area (TPSA) is 17.8 Å². The zero-order valence-electron chi connectivity index (χ0n) is 10.4. The smallest absolute Gasteiger partial charge is 0.269 e. The molecule has 0 aliphatic heterocycles. The van der Waals surface area contributed by atoms with Crippen LogP contribution in [0, 0.1) is 0 Å². The molecule has 0 bridgehead atoms. The lowest BCUT2D eigenvalue weighted by atomic mass is 10.1. The van der Waals surface area contributed by atoms with Gasteiger partial charge in [0.15, 0.2) is 5.69 Å². The van der Waals surface area contributed by atoms with Gasteiger partial charge in [-0.2, -0.15) is 18.3 Å². The molecule has 1 aromatic rings. The Labute approximate surface area is 94.5 Å². The van der Waals surface area contributed by atoms with Gasteiger partial charge in [-0.25, -0.2) is 0 Å². The van der Waals surface area contributed by atoms with Crippen LogP contribution in [-0.4, -0.2) is 9.78 Å². The van der Waals surface area contributed by atoms with Gasteiger partial charge in [0.2, 0.25) is 0 Å². The highest BCUT2D eigenvalue weighted by Crippen LogP contribution is 2.30. The van der Waals surface area contributed by atoms with E-state index in [0.29, 0.717) is 12.2 Å². The summed E-state index contributed by atoms with van der Waals surface area (Å²) in [6.07, 6.45) is -4.34. The molecule has 0 spiro atoms. The van der Waals surface area contributed by atoms with E-state index in [-0.39, 0.29) is 5.92 Å². The number of alkyl halides is 3. The SMILES string of the molecule is CC.CCn1nc(C(F)(F)F)cc1C(C)C. The van der Waals surface area contributed by atoms with Gasteiger partial charge in [0.1, 0.15) is 0 Å². The van der Waals surface area contributed by atoms with Gasteiger partial charge in [-0.15, -0.1) is 0 Å². The van der Waals surface area contributed by atoms with E-state index in [1.807, 2.05) is 27.7 Å². The van der Waals surface area contributed by atoms with Crippen LogP contribution in [-0.2, 0) is 12.7 Å². The highest BCUT2D eigenvalue weighted by molar-refractivity contribution is 5.16. The molecule has 0 saturated heterocycles. The molecule has 0 aliphatic rings. The highest BCUT2D eigenvalue weighted by Gasteiger charge is 2.34. The minimum atomic E-state index is -4.34. The van der Waals surface area contributed by atoms with Crippen molar-refractivity contribution in [2.24, 2.45) is 0 Å². The van der Waals surface area contributed by atoms with Crippen molar-refractivity contribution >= 4 is 0 Å². The largest absolute Gasteiger partial charge is 0.435 e. The summed E-state index contributed by atoms with van der Waals surface area (Å²) in [7, 11) is 0. The van der Waals surface area contributed by atoms with Gasteiger partial charge in [0.05, 0.1) is 0 Å². The fraction of sp³-hybridized carbons (Fsp3) is 0.727. The first kappa shape index (κ1) is 15.0. The van der Waals surface area contributed by atoms with E-state index in [4.69, 9.17) is 0 Å². The van der Waals surface area contributed by atoms with E-state index in [1.54, 1.807) is 6.92 Å². The van der Waals surface area contributed by atoms with Crippen molar-refractivity contribution in [2.45, 2.75) is 53.3 Å². The fourth-order valence-electron chi connectivity index (χ4n) is 1.29. The van der Waals surface area contributed by atoms with Crippen molar-refractivity contribution in [1.82, 2.24) is 9.78 Å². The Balaban J connectivity index is 0.00000106. The molecule has 0 amide bonds. The van der Waals surface area contributed by atoms with E-state index >= 15 is 0 Å². The second-order valence-electron chi connectivity index (χ2n) is 3.42. The van der Waals surface area contributed by atoms with Crippen molar-refractivity contribution in [3.05, 3.63) is 17.5 Å². The molecule has 5 heteroatoms. The number of rotatable bonds is 2. The number of aromatic nitrogens is 2. The van der Waals surface area contributed by atoms with Crippen LogP contribution in [0.2, 0.25) is 0 Å². The van der Waals surface area contributed by atoms with Crippen LogP contribution in [0.5, 0.6) is 0 Å². The first-order chi connectivity index (χ1) is 7.36. The molecule has 2 nitrogen and oxygen atoms in total. The molecule has 0 fully saturated rings. The van der Waals surface area contributed by atoms with Crippen LogP contribution in [0.1, 0.15) is 51.9 Å². The molecule has 0 aromatic carbocycles. The monoisotopic (exact) mass is 236 g/mol. The van der Waals surface area contributed by atoms with Gasteiger partial charge in [-0.3, -0.25) is 4.68 Å². The molecule has 16 heavy (non-hydrogen) atoms. The van der Waals surface area contributed by atoms with Crippen molar-refractivity contribution in [1.29, 1.82) is 0 Å². The summed E-state index contributed by atoms with van der Waals surface area (Å²) in [6, 6.07) is 1.12. The summed E-state index contributed by atoms with van der Waals surface area (Å²) < 4.78 is 38.3. The zero-order valence-corrected chi connectivity index (χ0v) is 10.4. The van der Waals surface area contributed by atoms with Gasteiger partial charge < -0.3 is 0 Å². The Bertz CT molecular complexity index is 314. The summed E-state index contributed by atoms with van der Waals surface area (Å²) in [5.74, 6) is 0.0542. The average Bonchev–Trinajstić information content (AvgIpc) is 2.64. The van der Waals surface area contributed by atoms with Crippen molar-refractivity contribution < 1.29 is 13.2 Å². The summed E-state index contributed by atoms with van der Waals surface area (Å²) in [5, 5.41) is 3.51. The molecule has 0 unspecified atom stereocenters. The fourth-order valence-corrected chi connectivity index (χ4v) is 1.29. The number of halogens is 3. The van der Waals surface area contributed by atoms with Crippen LogP contribution >= 0.6 is 0 Å². The lowest BCUT2D eigenvalue weighted by Crippen LogP contribution is -2.08. The van der Waals surface area contributed by atoms with Gasteiger partial charge in [0.25, 0.3) is 0 Å². The second kappa shape index (κ2) is 5.92. The molecular formula is C11H19F3N2. The van der Waals surface area contributed by atoms with Crippen LogP contribution in [0.15, 0.2) is 6.07 Å². The Kier molecular flexibility index (Phi) is 5.55. The van der Waals surface area contributed by atoms with E-state index in [0.717, 1.165) is 6.07 Å². The molecule has 94 valence electrons. The standard InChI is InChI=1S/C9H13F3N2.C2H6/c1-4-14-7(6(2)3)5-8(13-14)9(10,11)12;1-2/h5-6H,4H2,1-3H3;1-2H3. The maximum atomic E-state index is 12.3. The molecule has 0 N–H and O–H groups in total. The number of nitrogens with zero attached hydrogens (tertiary/aromatic N) is 2. The Hall–Kier alpha value is -1.00. The molecule has 1 heterocycles. The van der Waals surface area contributed by atoms with Crippen LogP contribution in [0.25, 0.3) is 0 Å². The van der Waals surface area contributed by atoms with Gasteiger partial charge >= 0.3 is 6.18 Å². The molecular weight excluding hydrogens is 217 g/mol. The summed E-state index contributed by atoms with van der Waals surface area (Å²) in [4.78, 5) is 0. The summed E-state index contributed by atoms with van der Waals surface area (Å²) in [6.45, 7) is 9.94. The summed E-state index contributed by atoms with van der Waals surface area (Å²) in [5.41, 5.74) is -0.178. The average molecular weight is 236 g/mol. The first-order valence-electron chi connectivity index (χ1n) is 5.51. The first-order valence-corrected chi connectivity index (χ1v) is 5.51. The minimum absolute atomic E-state index is 0.0542. The predicted molar refractivity (Wildman–Crippen MR) is 58.3 cm³/mol. The van der Waals surface area contributed by atoms with Crippen LogP contribution < -0.4 is 0 Å². The predicted octanol–water partition coefficient (Wildman–Crippen LogP) is 4.07. The second-order valence-corrected chi connectivity index (χ2v) is 3.42. The van der Waals surface area contributed by atoms with Crippen molar-refractivity contribution in [3.63, 3.8) is 0 Å². The Morgan fingerprint density at radius 2 is 1.81 bits per heavy atom. The van der Waals surface area contributed by atoms with Crippen molar-refractivity contribution in [3.8, 4) is 0 Å². The molecule has 1 aromatic heterocycles.